The summed E-state index contributed by atoms with van der Waals surface area (Å²) < 4.78 is 0. The number of benzene rings is 2. The van der Waals surface area contributed by atoms with E-state index < -0.39 is 5.97 Å². The van der Waals surface area contributed by atoms with Crippen molar-refractivity contribution in [2.75, 3.05) is 0 Å². The lowest BCUT2D eigenvalue weighted by molar-refractivity contribution is 0.0702. The van der Waals surface area contributed by atoms with Crippen molar-refractivity contribution >= 4 is 17.3 Å². The first-order valence-corrected chi connectivity index (χ1v) is 7.38. The maximum absolute atomic E-state index is 11.4. The van der Waals surface area contributed by atoms with Gasteiger partial charge in [-0.2, -0.15) is 0 Å². The van der Waals surface area contributed by atoms with E-state index in [4.69, 9.17) is 0 Å². The largest absolute Gasteiger partial charge is 0.477 e. The van der Waals surface area contributed by atoms with E-state index in [0.717, 1.165) is 16.1 Å². The number of carbonyl (C=O) groups is 1. The van der Waals surface area contributed by atoms with Gasteiger partial charge in [-0.05, 0) is 5.56 Å². The summed E-state index contributed by atoms with van der Waals surface area (Å²) in [5, 5.41) is 10.2. The second-order valence-electron chi connectivity index (χ2n) is 4.62. The van der Waals surface area contributed by atoms with Gasteiger partial charge in [0.15, 0.2) is 0 Å². The molecule has 0 amide bonds. The Balaban J connectivity index is 1.99. The van der Waals surface area contributed by atoms with Crippen molar-refractivity contribution in [1.82, 2.24) is 4.98 Å². The number of hydrogen-bond donors (Lipinski definition) is 1. The van der Waals surface area contributed by atoms with Crippen LogP contribution in [0.5, 0.6) is 0 Å². The highest BCUT2D eigenvalue weighted by Gasteiger charge is 2.18. The third-order valence-electron chi connectivity index (χ3n) is 3.11. The molecule has 1 N–H and O–H groups in total. The minimum atomic E-state index is -0.925. The molecule has 2 aromatic carbocycles. The molecular weight excluding hydrogens is 282 g/mol. The molecule has 21 heavy (non-hydrogen) atoms. The molecule has 3 rings (SSSR count). The molecule has 3 aromatic rings. The fourth-order valence-corrected chi connectivity index (χ4v) is 3.11. The van der Waals surface area contributed by atoms with Gasteiger partial charge >= 0.3 is 5.97 Å². The predicted octanol–water partition coefficient (Wildman–Crippen LogP) is 4.10. The standard InChI is InChI=1S/C17H13NO2S/c19-17(20)16-15(13-9-5-2-6-10-13)18-14(21-16)11-12-7-3-1-4-8-12/h1-10H,11H2,(H,19,20). The van der Waals surface area contributed by atoms with Crippen LogP contribution in [0.3, 0.4) is 0 Å². The Hall–Kier alpha value is -2.46. The molecule has 0 saturated carbocycles. The predicted molar refractivity (Wildman–Crippen MR) is 83.8 cm³/mol. The number of carboxylic acid groups (broad SMARTS) is 1. The van der Waals surface area contributed by atoms with Gasteiger partial charge in [0.25, 0.3) is 0 Å². The van der Waals surface area contributed by atoms with E-state index in [1.54, 1.807) is 0 Å². The molecule has 3 nitrogen and oxygen atoms in total. The molecule has 0 aliphatic rings. The van der Waals surface area contributed by atoms with Crippen molar-refractivity contribution in [2.24, 2.45) is 0 Å². The minimum Gasteiger partial charge on any atom is -0.477 e. The molecule has 0 bridgehead atoms. The SMILES string of the molecule is O=C(O)c1sc(Cc2ccccc2)nc1-c1ccccc1. The van der Waals surface area contributed by atoms with Crippen molar-refractivity contribution < 1.29 is 9.90 Å². The van der Waals surface area contributed by atoms with Gasteiger partial charge in [-0.3, -0.25) is 0 Å². The summed E-state index contributed by atoms with van der Waals surface area (Å²) >= 11 is 1.25. The lowest BCUT2D eigenvalue weighted by atomic mass is 10.1. The fourth-order valence-electron chi connectivity index (χ4n) is 2.15. The van der Waals surface area contributed by atoms with Gasteiger partial charge < -0.3 is 5.11 Å². The number of nitrogens with zero attached hydrogens (tertiary/aromatic N) is 1. The molecule has 0 atom stereocenters. The Morgan fingerprint density at radius 3 is 2.24 bits per heavy atom. The molecule has 0 unspecified atom stereocenters. The Kier molecular flexibility index (Phi) is 3.79. The molecule has 0 fully saturated rings. The molecule has 104 valence electrons. The van der Waals surface area contributed by atoms with E-state index in [-0.39, 0.29) is 0 Å². The van der Waals surface area contributed by atoms with Crippen molar-refractivity contribution in [3.63, 3.8) is 0 Å². The normalized spacial score (nSPS) is 10.5. The van der Waals surface area contributed by atoms with Crippen LogP contribution >= 0.6 is 11.3 Å². The maximum atomic E-state index is 11.4. The topological polar surface area (TPSA) is 50.2 Å². The molecule has 4 heteroatoms. The van der Waals surface area contributed by atoms with Gasteiger partial charge in [0.05, 0.1) is 10.7 Å². The van der Waals surface area contributed by atoms with Gasteiger partial charge in [-0.25, -0.2) is 9.78 Å². The number of thiazole rings is 1. The summed E-state index contributed by atoms with van der Waals surface area (Å²) in [5.74, 6) is -0.925. The Labute approximate surface area is 126 Å². The van der Waals surface area contributed by atoms with Crippen molar-refractivity contribution in [3.8, 4) is 11.3 Å². The summed E-state index contributed by atoms with van der Waals surface area (Å²) in [6.07, 6.45) is 0.651. The molecule has 0 radical (unpaired) electrons. The van der Waals surface area contributed by atoms with E-state index in [0.29, 0.717) is 17.0 Å². The van der Waals surface area contributed by atoms with E-state index in [2.05, 4.69) is 4.98 Å². The number of aromatic nitrogens is 1. The summed E-state index contributed by atoms with van der Waals surface area (Å²) in [7, 11) is 0. The van der Waals surface area contributed by atoms with Gasteiger partial charge in [0.1, 0.15) is 4.88 Å². The van der Waals surface area contributed by atoms with Crippen LogP contribution in [0.15, 0.2) is 60.7 Å². The maximum Gasteiger partial charge on any atom is 0.348 e. The summed E-state index contributed by atoms with van der Waals surface area (Å²) in [6, 6.07) is 19.4. The summed E-state index contributed by atoms with van der Waals surface area (Å²) in [5.41, 5.74) is 2.52. The second-order valence-corrected chi connectivity index (χ2v) is 5.70. The highest BCUT2D eigenvalue weighted by atomic mass is 32.1. The number of aromatic carboxylic acids is 1. The highest BCUT2D eigenvalue weighted by molar-refractivity contribution is 7.14. The number of hydrogen-bond acceptors (Lipinski definition) is 3. The summed E-state index contributed by atoms with van der Waals surface area (Å²) in [4.78, 5) is 16.3. The van der Waals surface area contributed by atoms with Crippen molar-refractivity contribution in [1.29, 1.82) is 0 Å². The molecule has 0 spiro atoms. The fraction of sp³-hybridized carbons (Fsp3) is 0.0588. The van der Waals surface area contributed by atoms with E-state index in [1.165, 1.54) is 11.3 Å². The summed E-state index contributed by atoms with van der Waals surface area (Å²) in [6.45, 7) is 0. The van der Waals surface area contributed by atoms with Crippen LogP contribution in [0.4, 0.5) is 0 Å². The minimum absolute atomic E-state index is 0.298. The number of rotatable bonds is 4. The van der Waals surface area contributed by atoms with Crippen LogP contribution in [0.25, 0.3) is 11.3 Å². The third-order valence-corrected chi connectivity index (χ3v) is 4.15. The van der Waals surface area contributed by atoms with Crippen LogP contribution in [-0.2, 0) is 6.42 Å². The van der Waals surface area contributed by atoms with E-state index >= 15 is 0 Å². The van der Waals surface area contributed by atoms with E-state index in [1.807, 2.05) is 60.7 Å². The lowest BCUT2D eigenvalue weighted by Crippen LogP contribution is -1.95. The Morgan fingerprint density at radius 2 is 1.62 bits per heavy atom. The first-order chi connectivity index (χ1) is 10.2. The van der Waals surface area contributed by atoms with Crippen LogP contribution in [0.2, 0.25) is 0 Å². The molecule has 0 aliphatic carbocycles. The zero-order valence-corrected chi connectivity index (χ0v) is 12.0. The Morgan fingerprint density at radius 1 is 1.00 bits per heavy atom. The molecule has 1 aromatic heterocycles. The Bertz CT molecular complexity index is 751. The van der Waals surface area contributed by atoms with Crippen LogP contribution in [0, 0.1) is 0 Å². The average Bonchev–Trinajstić information content (AvgIpc) is 2.93. The highest BCUT2D eigenvalue weighted by Crippen LogP contribution is 2.29. The second kappa shape index (κ2) is 5.89. The van der Waals surface area contributed by atoms with Gasteiger partial charge in [0.2, 0.25) is 0 Å². The zero-order chi connectivity index (χ0) is 14.7. The average molecular weight is 295 g/mol. The van der Waals surface area contributed by atoms with Gasteiger partial charge in [0, 0.05) is 12.0 Å². The molecule has 0 aliphatic heterocycles. The monoisotopic (exact) mass is 295 g/mol. The first-order valence-electron chi connectivity index (χ1n) is 6.56. The van der Waals surface area contributed by atoms with Crippen LogP contribution in [0.1, 0.15) is 20.2 Å². The molecule has 1 heterocycles. The van der Waals surface area contributed by atoms with Crippen molar-refractivity contribution in [3.05, 3.63) is 76.1 Å². The van der Waals surface area contributed by atoms with E-state index in [9.17, 15) is 9.90 Å². The van der Waals surface area contributed by atoms with Crippen LogP contribution in [-0.4, -0.2) is 16.1 Å². The van der Waals surface area contributed by atoms with Gasteiger partial charge in [-0.1, -0.05) is 60.7 Å². The quantitative estimate of drug-likeness (QED) is 0.788. The van der Waals surface area contributed by atoms with Crippen molar-refractivity contribution in [2.45, 2.75) is 6.42 Å². The smallest absolute Gasteiger partial charge is 0.348 e. The molecular formula is C17H13NO2S. The molecule has 0 saturated heterocycles. The lowest BCUT2D eigenvalue weighted by Gasteiger charge is -1.98. The van der Waals surface area contributed by atoms with Gasteiger partial charge in [-0.15, -0.1) is 11.3 Å². The first kappa shape index (κ1) is 13.5. The van der Waals surface area contributed by atoms with Crippen LogP contribution < -0.4 is 0 Å². The zero-order valence-electron chi connectivity index (χ0n) is 11.2. The third kappa shape index (κ3) is 3.01. The number of carboxylic acids is 1.